The molecule has 0 spiro atoms. The first kappa shape index (κ1) is 12.2. The normalized spacial score (nSPS) is 20.3. The number of benzene rings is 1. The largest absolute Gasteiger partial charge is 0.508 e. The van der Waals surface area contributed by atoms with Gasteiger partial charge in [0.25, 0.3) is 0 Å². The average Bonchev–Trinajstić information content (AvgIpc) is 2.39. The number of phenols is 1. The minimum Gasteiger partial charge on any atom is -0.508 e. The molecule has 1 aliphatic heterocycles. The van der Waals surface area contributed by atoms with Crippen LogP contribution >= 0.6 is 11.6 Å². The summed E-state index contributed by atoms with van der Waals surface area (Å²) in [6, 6.07) is 6.93. The Morgan fingerprint density at radius 3 is 2.71 bits per heavy atom. The van der Waals surface area contributed by atoms with Crippen LogP contribution in [-0.4, -0.2) is 35.1 Å². The summed E-state index contributed by atoms with van der Waals surface area (Å²) in [6.07, 6.45) is 0.725. The van der Waals surface area contributed by atoms with Gasteiger partial charge in [-0.3, -0.25) is 4.79 Å². The Labute approximate surface area is 105 Å². The number of rotatable bonds is 2. The van der Waals surface area contributed by atoms with E-state index in [9.17, 15) is 9.90 Å². The fourth-order valence-electron chi connectivity index (χ4n) is 1.83. The molecule has 0 aromatic heterocycles. The summed E-state index contributed by atoms with van der Waals surface area (Å²) < 4.78 is 5.60. The Morgan fingerprint density at radius 1 is 1.47 bits per heavy atom. The van der Waals surface area contributed by atoms with Gasteiger partial charge in [-0.15, -0.1) is 11.6 Å². The molecule has 1 atom stereocenters. The van der Waals surface area contributed by atoms with Crippen LogP contribution in [0.2, 0.25) is 0 Å². The Morgan fingerprint density at radius 2 is 2.18 bits per heavy atom. The zero-order valence-electron chi connectivity index (χ0n) is 9.30. The van der Waals surface area contributed by atoms with Crippen molar-refractivity contribution in [3.8, 4) is 5.75 Å². The molecule has 1 aliphatic rings. The number of phenolic OH excluding ortho intramolecular Hbond substituents is 1. The minimum absolute atomic E-state index is 0.00671. The number of nitrogens with zero attached hydrogens (tertiary/aromatic N) is 1. The van der Waals surface area contributed by atoms with E-state index in [4.69, 9.17) is 16.3 Å². The summed E-state index contributed by atoms with van der Waals surface area (Å²) in [5, 5.41) is 9.19. The first-order valence-corrected chi connectivity index (χ1v) is 5.98. The highest BCUT2D eigenvalue weighted by molar-refractivity contribution is 6.27. The molecule has 1 heterocycles. The molecule has 0 saturated carbocycles. The first-order chi connectivity index (χ1) is 8.20. The van der Waals surface area contributed by atoms with E-state index < -0.39 is 0 Å². The van der Waals surface area contributed by atoms with E-state index in [0.717, 1.165) is 12.0 Å². The molecule has 1 aromatic carbocycles. The van der Waals surface area contributed by atoms with Gasteiger partial charge in [-0.05, 0) is 24.1 Å². The fourth-order valence-corrected chi connectivity index (χ4v) is 2.00. The van der Waals surface area contributed by atoms with Crippen molar-refractivity contribution >= 4 is 17.5 Å². The molecule has 1 amide bonds. The van der Waals surface area contributed by atoms with Crippen LogP contribution in [0.5, 0.6) is 5.75 Å². The van der Waals surface area contributed by atoms with Gasteiger partial charge >= 0.3 is 0 Å². The molecule has 1 aromatic rings. The monoisotopic (exact) mass is 255 g/mol. The van der Waals surface area contributed by atoms with Crippen molar-refractivity contribution in [2.45, 2.75) is 12.5 Å². The quantitative estimate of drug-likeness (QED) is 0.821. The molecule has 0 aliphatic carbocycles. The van der Waals surface area contributed by atoms with Crippen LogP contribution in [0.25, 0.3) is 0 Å². The minimum atomic E-state index is -0.101. The molecule has 1 unspecified atom stereocenters. The number of ether oxygens (including phenoxy) is 1. The summed E-state index contributed by atoms with van der Waals surface area (Å²) in [4.78, 5) is 12.9. The van der Waals surface area contributed by atoms with E-state index >= 15 is 0 Å². The number of hydrogen-bond donors (Lipinski definition) is 1. The predicted octanol–water partition coefficient (Wildman–Crippen LogP) is 1.88. The Hall–Kier alpha value is -1.26. The molecule has 17 heavy (non-hydrogen) atoms. The number of carbonyl (C=O) groups is 1. The molecule has 0 bridgehead atoms. The maximum Gasteiger partial charge on any atom is 0.239 e. The zero-order chi connectivity index (χ0) is 12.3. The highest BCUT2D eigenvalue weighted by Crippen LogP contribution is 2.26. The van der Waals surface area contributed by atoms with Crippen LogP contribution in [0.4, 0.5) is 0 Å². The van der Waals surface area contributed by atoms with Crippen molar-refractivity contribution in [1.82, 2.24) is 4.90 Å². The maximum atomic E-state index is 11.3. The van der Waals surface area contributed by atoms with E-state index in [1.54, 1.807) is 17.0 Å². The molecular formula is C12H14ClNO3. The lowest BCUT2D eigenvalue weighted by atomic mass is 10.1. The topological polar surface area (TPSA) is 49.8 Å². The van der Waals surface area contributed by atoms with Crippen molar-refractivity contribution in [2.75, 3.05) is 19.2 Å². The van der Waals surface area contributed by atoms with E-state index in [1.807, 2.05) is 12.1 Å². The third-order valence-electron chi connectivity index (χ3n) is 2.82. The van der Waals surface area contributed by atoms with Gasteiger partial charge in [0.05, 0.1) is 6.10 Å². The smallest absolute Gasteiger partial charge is 0.239 e. The SMILES string of the molecule is O=C(CCl)N1CCC(c2ccc(O)cc2)OC1. The third-order valence-corrected chi connectivity index (χ3v) is 3.05. The van der Waals surface area contributed by atoms with Crippen molar-refractivity contribution < 1.29 is 14.6 Å². The number of hydrogen-bond acceptors (Lipinski definition) is 3. The van der Waals surface area contributed by atoms with E-state index in [-0.39, 0.29) is 30.4 Å². The average molecular weight is 256 g/mol. The number of amides is 1. The van der Waals surface area contributed by atoms with Gasteiger partial charge in [0.15, 0.2) is 0 Å². The van der Waals surface area contributed by atoms with Crippen molar-refractivity contribution in [1.29, 1.82) is 0 Å². The number of alkyl halides is 1. The third kappa shape index (κ3) is 2.90. The van der Waals surface area contributed by atoms with Gasteiger partial charge in [0.1, 0.15) is 18.4 Å². The van der Waals surface area contributed by atoms with Gasteiger partial charge in [0.2, 0.25) is 5.91 Å². The molecule has 1 saturated heterocycles. The van der Waals surface area contributed by atoms with Gasteiger partial charge in [-0.25, -0.2) is 0 Å². The second-order valence-corrected chi connectivity index (χ2v) is 4.22. The van der Waals surface area contributed by atoms with E-state index in [0.29, 0.717) is 6.54 Å². The molecule has 92 valence electrons. The molecule has 0 radical (unpaired) electrons. The lowest BCUT2D eigenvalue weighted by Crippen LogP contribution is -2.39. The van der Waals surface area contributed by atoms with E-state index in [2.05, 4.69) is 0 Å². The van der Waals surface area contributed by atoms with Crippen LogP contribution in [-0.2, 0) is 9.53 Å². The van der Waals surface area contributed by atoms with Gasteiger partial charge < -0.3 is 14.7 Å². The summed E-state index contributed by atoms with van der Waals surface area (Å²) >= 11 is 5.48. The summed E-state index contributed by atoms with van der Waals surface area (Å²) in [5.74, 6) is 0.132. The molecule has 4 nitrogen and oxygen atoms in total. The van der Waals surface area contributed by atoms with Crippen LogP contribution in [0.15, 0.2) is 24.3 Å². The second kappa shape index (κ2) is 5.38. The summed E-state index contributed by atoms with van der Waals surface area (Å²) in [7, 11) is 0. The fraction of sp³-hybridized carbons (Fsp3) is 0.417. The number of halogens is 1. The summed E-state index contributed by atoms with van der Waals surface area (Å²) in [6.45, 7) is 0.925. The van der Waals surface area contributed by atoms with Gasteiger partial charge in [-0.2, -0.15) is 0 Å². The van der Waals surface area contributed by atoms with Crippen LogP contribution in [0, 0.1) is 0 Å². The predicted molar refractivity (Wildman–Crippen MR) is 63.8 cm³/mol. The van der Waals surface area contributed by atoms with Crippen molar-refractivity contribution in [2.24, 2.45) is 0 Å². The Balaban J connectivity index is 1.95. The molecule has 5 heteroatoms. The van der Waals surface area contributed by atoms with Crippen LogP contribution in [0.3, 0.4) is 0 Å². The Bertz CT molecular complexity index is 385. The van der Waals surface area contributed by atoms with Crippen LogP contribution in [0.1, 0.15) is 18.1 Å². The maximum absolute atomic E-state index is 11.3. The molecule has 1 fully saturated rings. The molecule has 1 N–H and O–H groups in total. The summed E-state index contributed by atoms with van der Waals surface area (Å²) in [5.41, 5.74) is 1.01. The Kier molecular flexibility index (Phi) is 3.86. The first-order valence-electron chi connectivity index (χ1n) is 5.45. The lowest BCUT2D eigenvalue weighted by molar-refractivity contribution is -0.143. The number of carbonyl (C=O) groups excluding carboxylic acids is 1. The van der Waals surface area contributed by atoms with E-state index in [1.165, 1.54) is 0 Å². The molecular weight excluding hydrogens is 242 g/mol. The van der Waals surface area contributed by atoms with Crippen LogP contribution < -0.4 is 0 Å². The van der Waals surface area contributed by atoms with Gasteiger partial charge in [-0.1, -0.05) is 12.1 Å². The highest BCUT2D eigenvalue weighted by atomic mass is 35.5. The number of aromatic hydroxyl groups is 1. The zero-order valence-corrected chi connectivity index (χ0v) is 10.1. The van der Waals surface area contributed by atoms with Gasteiger partial charge in [0, 0.05) is 6.54 Å². The second-order valence-electron chi connectivity index (χ2n) is 3.96. The van der Waals surface area contributed by atoms with Crippen molar-refractivity contribution in [3.05, 3.63) is 29.8 Å². The lowest BCUT2D eigenvalue weighted by Gasteiger charge is -2.32. The highest BCUT2D eigenvalue weighted by Gasteiger charge is 2.23. The standard InChI is InChI=1S/C12H14ClNO3/c13-7-12(16)14-6-5-11(17-8-14)9-1-3-10(15)4-2-9/h1-4,11,15H,5-8H2. The van der Waals surface area contributed by atoms with Crippen molar-refractivity contribution in [3.63, 3.8) is 0 Å². The molecule has 2 rings (SSSR count).